The molecule has 0 aliphatic heterocycles. The molecule has 0 aliphatic rings. The SMILES string of the molecule is CCc1ccc(O[C@@H](CC)C(=O)NCc2nc(-c3ccc(C)cc3)no2)cc1. The number of carbonyl (C=O) groups is 1. The second-order valence-electron chi connectivity index (χ2n) is 6.61. The molecule has 0 unspecified atom stereocenters. The summed E-state index contributed by atoms with van der Waals surface area (Å²) in [5.41, 5.74) is 3.26. The van der Waals surface area contributed by atoms with E-state index in [0.717, 1.165) is 17.5 Å². The maximum atomic E-state index is 12.5. The Kier molecular flexibility index (Phi) is 6.42. The van der Waals surface area contributed by atoms with Gasteiger partial charge in [0, 0.05) is 5.56 Å². The van der Waals surface area contributed by atoms with Crippen LogP contribution in [0.5, 0.6) is 5.75 Å². The quantitative estimate of drug-likeness (QED) is 0.638. The van der Waals surface area contributed by atoms with Crippen LogP contribution in [0.2, 0.25) is 0 Å². The second-order valence-corrected chi connectivity index (χ2v) is 6.61. The average molecular weight is 379 g/mol. The summed E-state index contributed by atoms with van der Waals surface area (Å²) in [6.07, 6.45) is 0.943. The van der Waals surface area contributed by atoms with Crippen molar-refractivity contribution in [3.8, 4) is 17.1 Å². The molecule has 0 spiro atoms. The van der Waals surface area contributed by atoms with Crippen LogP contribution in [0.1, 0.15) is 37.3 Å². The Labute approximate surface area is 164 Å². The Balaban J connectivity index is 1.56. The lowest BCUT2D eigenvalue weighted by Gasteiger charge is -2.17. The molecule has 3 rings (SSSR count). The van der Waals surface area contributed by atoms with Gasteiger partial charge >= 0.3 is 0 Å². The predicted octanol–water partition coefficient (Wildman–Crippen LogP) is 4.08. The first-order chi connectivity index (χ1) is 13.6. The summed E-state index contributed by atoms with van der Waals surface area (Å²) < 4.78 is 11.1. The highest BCUT2D eigenvalue weighted by molar-refractivity contribution is 5.81. The lowest BCUT2D eigenvalue weighted by atomic mass is 10.1. The van der Waals surface area contributed by atoms with E-state index in [4.69, 9.17) is 9.26 Å². The highest BCUT2D eigenvalue weighted by atomic mass is 16.5. The first-order valence-electron chi connectivity index (χ1n) is 9.52. The minimum atomic E-state index is -0.577. The number of nitrogens with one attached hydrogen (secondary N) is 1. The zero-order valence-electron chi connectivity index (χ0n) is 16.4. The number of aryl methyl sites for hydroxylation is 2. The van der Waals surface area contributed by atoms with E-state index < -0.39 is 6.10 Å². The van der Waals surface area contributed by atoms with E-state index >= 15 is 0 Å². The molecule has 1 amide bonds. The molecule has 3 aromatic rings. The van der Waals surface area contributed by atoms with Crippen LogP contribution in [0.25, 0.3) is 11.4 Å². The Morgan fingerprint density at radius 3 is 2.46 bits per heavy atom. The molecule has 0 fully saturated rings. The summed E-state index contributed by atoms with van der Waals surface area (Å²) in [4.78, 5) is 16.8. The number of nitrogens with zero attached hydrogens (tertiary/aromatic N) is 2. The molecule has 0 bridgehead atoms. The molecule has 2 aromatic carbocycles. The van der Waals surface area contributed by atoms with Gasteiger partial charge in [0.15, 0.2) is 6.10 Å². The normalized spacial score (nSPS) is 11.8. The molecule has 28 heavy (non-hydrogen) atoms. The Morgan fingerprint density at radius 2 is 1.82 bits per heavy atom. The van der Waals surface area contributed by atoms with E-state index in [1.54, 1.807) is 0 Å². The minimum absolute atomic E-state index is 0.159. The summed E-state index contributed by atoms with van der Waals surface area (Å²) in [6, 6.07) is 15.6. The van der Waals surface area contributed by atoms with Crippen LogP contribution in [0.3, 0.4) is 0 Å². The lowest BCUT2D eigenvalue weighted by Crippen LogP contribution is -2.37. The largest absolute Gasteiger partial charge is 0.481 e. The molecule has 1 aromatic heterocycles. The molecule has 0 aliphatic carbocycles. The average Bonchev–Trinajstić information content (AvgIpc) is 3.20. The first-order valence-corrected chi connectivity index (χ1v) is 9.52. The number of aromatic nitrogens is 2. The van der Waals surface area contributed by atoms with Gasteiger partial charge in [0.1, 0.15) is 5.75 Å². The van der Waals surface area contributed by atoms with Crippen LogP contribution in [0.4, 0.5) is 0 Å². The van der Waals surface area contributed by atoms with Crippen LogP contribution in [0, 0.1) is 6.92 Å². The highest BCUT2D eigenvalue weighted by Crippen LogP contribution is 2.17. The van der Waals surface area contributed by atoms with Crippen molar-refractivity contribution in [1.82, 2.24) is 15.5 Å². The van der Waals surface area contributed by atoms with E-state index in [2.05, 4.69) is 22.4 Å². The van der Waals surface area contributed by atoms with Gasteiger partial charge in [0.05, 0.1) is 6.54 Å². The molecule has 1 N–H and O–H groups in total. The summed E-state index contributed by atoms with van der Waals surface area (Å²) in [5, 5.41) is 6.78. The van der Waals surface area contributed by atoms with Gasteiger partial charge in [-0.2, -0.15) is 4.98 Å². The topological polar surface area (TPSA) is 77.2 Å². The fourth-order valence-corrected chi connectivity index (χ4v) is 2.71. The standard InChI is InChI=1S/C22H25N3O3/c1-4-16-8-12-18(13-9-16)27-19(5-2)22(26)23-14-20-24-21(25-28-20)17-10-6-15(3)7-11-17/h6-13,19H,4-5,14H2,1-3H3,(H,23,26)/t19-/m0/s1. The Morgan fingerprint density at radius 1 is 1.11 bits per heavy atom. The minimum Gasteiger partial charge on any atom is -0.481 e. The van der Waals surface area contributed by atoms with Crippen molar-refractivity contribution in [3.05, 3.63) is 65.5 Å². The number of hydrogen-bond acceptors (Lipinski definition) is 5. The van der Waals surface area contributed by atoms with Crippen molar-refractivity contribution >= 4 is 5.91 Å². The van der Waals surface area contributed by atoms with Crippen LogP contribution in [-0.4, -0.2) is 22.2 Å². The molecule has 6 heteroatoms. The highest BCUT2D eigenvalue weighted by Gasteiger charge is 2.19. The van der Waals surface area contributed by atoms with Crippen molar-refractivity contribution < 1.29 is 14.1 Å². The number of hydrogen-bond donors (Lipinski definition) is 1. The summed E-state index contributed by atoms with van der Waals surface area (Å²) >= 11 is 0. The van der Waals surface area contributed by atoms with Gasteiger partial charge in [-0.15, -0.1) is 0 Å². The van der Waals surface area contributed by atoms with Crippen LogP contribution >= 0.6 is 0 Å². The van der Waals surface area contributed by atoms with Gasteiger partial charge in [-0.3, -0.25) is 4.79 Å². The third-order valence-electron chi connectivity index (χ3n) is 4.46. The van der Waals surface area contributed by atoms with Gasteiger partial charge in [0.2, 0.25) is 11.7 Å². The van der Waals surface area contributed by atoms with Crippen molar-refractivity contribution in [3.63, 3.8) is 0 Å². The number of carbonyl (C=O) groups excluding carboxylic acids is 1. The van der Waals surface area contributed by atoms with Gasteiger partial charge in [-0.25, -0.2) is 0 Å². The van der Waals surface area contributed by atoms with Gasteiger partial charge < -0.3 is 14.6 Å². The monoisotopic (exact) mass is 379 g/mol. The first kappa shape index (κ1) is 19.6. The van der Waals surface area contributed by atoms with E-state index in [1.807, 2.05) is 62.4 Å². The van der Waals surface area contributed by atoms with Crippen molar-refractivity contribution in [1.29, 1.82) is 0 Å². The summed E-state index contributed by atoms with van der Waals surface area (Å²) in [5.74, 6) is 1.32. The molecular weight excluding hydrogens is 354 g/mol. The number of benzene rings is 2. The van der Waals surface area contributed by atoms with Crippen LogP contribution in [0.15, 0.2) is 53.1 Å². The summed E-state index contributed by atoms with van der Waals surface area (Å²) in [6.45, 7) is 6.18. The fourth-order valence-electron chi connectivity index (χ4n) is 2.71. The molecule has 1 atom stereocenters. The molecular formula is C22H25N3O3. The van der Waals surface area contributed by atoms with E-state index in [0.29, 0.717) is 23.9 Å². The maximum absolute atomic E-state index is 12.5. The number of amides is 1. The maximum Gasteiger partial charge on any atom is 0.261 e. The number of ether oxygens (including phenoxy) is 1. The van der Waals surface area contributed by atoms with E-state index in [-0.39, 0.29) is 12.5 Å². The smallest absolute Gasteiger partial charge is 0.261 e. The van der Waals surface area contributed by atoms with Gasteiger partial charge in [-0.05, 0) is 37.5 Å². The Bertz CT molecular complexity index is 902. The molecule has 6 nitrogen and oxygen atoms in total. The number of rotatable bonds is 8. The molecule has 0 saturated heterocycles. The molecule has 1 heterocycles. The van der Waals surface area contributed by atoms with Crippen LogP contribution < -0.4 is 10.1 Å². The van der Waals surface area contributed by atoms with Gasteiger partial charge in [0.25, 0.3) is 5.91 Å². The molecule has 0 radical (unpaired) electrons. The third-order valence-corrected chi connectivity index (χ3v) is 4.46. The van der Waals surface area contributed by atoms with E-state index in [1.165, 1.54) is 5.56 Å². The van der Waals surface area contributed by atoms with Crippen LogP contribution in [-0.2, 0) is 17.8 Å². The molecule has 146 valence electrons. The summed E-state index contributed by atoms with van der Waals surface area (Å²) in [7, 11) is 0. The Hall–Kier alpha value is -3.15. The third kappa shape index (κ3) is 4.97. The predicted molar refractivity (Wildman–Crippen MR) is 107 cm³/mol. The van der Waals surface area contributed by atoms with Gasteiger partial charge in [-0.1, -0.05) is 61.0 Å². The molecule has 0 saturated carbocycles. The van der Waals surface area contributed by atoms with Crippen molar-refractivity contribution in [2.45, 2.75) is 46.3 Å². The van der Waals surface area contributed by atoms with Crippen molar-refractivity contribution in [2.75, 3.05) is 0 Å². The zero-order valence-corrected chi connectivity index (χ0v) is 16.4. The van der Waals surface area contributed by atoms with E-state index in [9.17, 15) is 4.79 Å². The fraction of sp³-hybridized carbons (Fsp3) is 0.318. The zero-order chi connectivity index (χ0) is 19.9. The lowest BCUT2D eigenvalue weighted by molar-refractivity contribution is -0.128. The van der Waals surface area contributed by atoms with Crippen molar-refractivity contribution in [2.24, 2.45) is 0 Å². The second kappa shape index (κ2) is 9.17.